The van der Waals surface area contributed by atoms with Crippen molar-refractivity contribution in [2.75, 3.05) is 52.6 Å². The molecule has 7 heteroatoms. The highest BCUT2D eigenvalue weighted by Crippen LogP contribution is 2.33. The van der Waals surface area contributed by atoms with E-state index >= 15 is 0 Å². The number of hydrogen-bond donors (Lipinski definition) is 1. The summed E-state index contributed by atoms with van der Waals surface area (Å²) in [5.41, 5.74) is 1.27. The molecule has 3 aliphatic rings. The minimum absolute atomic E-state index is 0.0867. The zero-order chi connectivity index (χ0) is 18.6. The Hall–Kier alpha value is -1.99. The maximum atomic E-state index is 12.1. The number of nitrogens with one attached hydrogen (secondary N) is 1. The molecule has 3 heterocycles. The number of benzene rings is 1. The Labute approximate surface area is 161 Å². The number of amides is 2. The van der Waals surface area contributed by atoms with Crippen LogP contribution in [-0.4, -0.2) is 79.4 Å². The van der Waals surface area contributed by atoms with Gasteiger partial charge in [0.1, 0.15) is 0 Å². The van der Waals surface area contributed by atoms with Gasteiger partial charge in [0, 0.05) is 58.4 Å². The van der Waals surface area contributed by atoms with Gasteiger partial charge in [0.15, 0.2) is 11.5 Å². The molecule has 0 aromatic heterocycles. The third-order valence-electron chi connectivity index (χ3n) is 5.78. The van der Waals surface area contributed by atoms with E-state index in [0.717, 1.165) is 63.7 Å². The second-order valence-corrected chi connectivity index (χ2v) is 7.58. The van der Waals surface area contributed by atoms with Crippen molar-refractivity contribution < 1.29 is 14.3 Å². The molecule has 0 bridgehead atoms. The van der Waals surface area contributed by atoms with Gasteiger partial charge in [-0.05, 0) is 37.5 Å². The van der Waals surface area contributed by atoms with Gasteiger partial charge >= 0.3 is 6.03 Å². The minimum atomic E-state index is 0.0867. The zero-order valence-corrected chi connectivity index (χ0v) is 16.2. The molecule has 2 saturated heterocycles. The normalized spacial score (nSPS) is 23.4. The van der Waals surface area contributed by atoms with Crippen molar-refractivity contribution in [1.29, 1.82) is 0 Å². The van der Waals surface area contributed by atoms with Gasteiger partial charge in [-0.2, -0.15) is 0 Å². The molecule has 1 aromatic carbocycles. The summed E-state index contributed by atoms with van der Waals surface area (Å²) in [6.45, 7) is 9.93. The van der Waals surface area contributed by atoms with Crippen molar-refractivity contribution in [3.8, 4) is 11.5 Å². The van der Waals surface area contributed by atoms with E-state index in [1.54, 1.807) is 0 Å². The van der Waals surface area contributed by atoms with Gasteiger partial charge in [0.25, 0.3) is 0 Å². The zero-order valence-electron chi connectivity index (χ0n) is 16.2. The smallest absolute Gasteiger partial charge is 0.317 e. The van der Waals surface area contributed by atoms with Crippen molar-refractivity contribution >= 4 is 6.03 Å². The Morgan fingerprint density at radius 3 is 2.78 bits per heavy atom. The van der Waals surface area contributed by atoms with E-state index in [0.29, 0.717) is 19.4 Å². The Morgan fingerprint density at radius 2 is 1.96 bits per heavy atom. The molecule has 0 radical (unpaired) electrons. The molecule has 0 spiro atoms. The molecular formula is C20H30N4O3. The van der Waals surface area contributed by atoms with Crippen LogP contribution >= 0.6 is 0 Å². The Kier molecular flexibility index (Phi) is 5.69. The van der Waals surface area contributed by atoms with E-state index in [2.05, 4.69) is 27.2 Å². The molecule has 1 atom stereocenters. The molecule has 4 rings (SSSR count). The van der Waals surface area contributed by atoms with Gasteiger partial charge in [0.05, 0.1) is 0 Å². The summed E-state index contributed by atoms with van der Waals surface area (Å²) >= 11 is 0. The fourth-order valence-corrected chi connectivity index (χ4v) is 4.28. The molecule has 2 fully saturated rings. The third kappa shape index (κ3) is 4.30. The number of likely N-dealkylation sites (tertiary alicyclic amines) is 1. The Bertz CT molecular complexity index is 661. The second-order valence-electron chi connectivity index (χ2n) is 7.58. The highest BCUT2D eigenvalue weighted by molar-refractivity contribution is 5.74. The van der Waals surface area contributed by atoms with Gasteiger partial charge in [-0.15, -0.1) is 0 Å². The van der Waals surface area contributed by atoms with Crippen molar-refractivity contribution in [2.24, 2.45) is 0 Å². The van der Waals surface area contributed by atoms with Crippen LogP contribution in [-0.2, 0) is 6.54 Å². The SMILES string of the molecule is CCNC(=O)N1CCCC(N2CCN(Cc3ccc4c(c3)OCO4)CC2)C1. The van der Waals surface area contributed by atoms with Gasteiger partial charge < -0.3 is 19.7 Å². The Balaban J connectivity index is 1.27. The number of rotatable bonds is 4. The van der Waals surface area contributed by atoms with Crippen LogP contribution in [0.1, 0.15) is 25.3 Å². The maximum absolute atomic E-state index is 12.1. The van der Waals surface area contributed by atoms with Crippen molar-refractivity contribution in [3.05, 3.63) is 23.8 Å². The fourth-order valence-electron chi connectivity index (χ4n) is 4.28. The van der Waals surface area contributed by atoms with Crippen molar-refractivity contribution in [1.82, 2.24) is 20.0 Å². The summed E-state index contributed by atoms with van der Waals surface area (Å²) in [5, 5.41) is 2.93. The van der Waals surface area contributed by atoms with E-state index < -0.39 is 0 Å². The van der Waals surface area contributed by atoms with Gasteiger partial charge in [-0.1, -0.05) is 6.07 Å². The molecule has 2 amide bonds. The third-order valence-corrected chi connectivity index (χ3v) is 5.78. The van der Waals surface area contributed by atoms with Gasteiger partial charge in [0.2, 0.25) is 6.79 Å². The molecule has 3 aliphatic heterocycles. The number of hydrogen-bond acceptors (Lipinski definition) is 5. The molecule has 1 aromatic rings. The van der Waals surface area contributed by atoms with Crippen molar-refractivity contribution in [3.63, 3.8) is 0 Å². The highest BCUT2D eigenvalue weighted by atomic mass is 16.7. The first-order chi connectivity index (χ1) is 13.2. The fraction of sp³-hybridized carbons (Fsp3) is 0.650. The topological polar surface area (TPSA) is 57.3 Å². The first kappa shape index (κ1) is 18.4. The quantitative estimate of drug-likeness (QED) is 0.870. The van der Waals surface area contributed by atoms with Gasteiger partial charge in [-0.25, -0.2) is 4.79 Å². The number of piperazine rings is 1. The van der Waals surface area contributed by atoms with E-state index in [1.165, 1.54) is 12.0 Å². The molecular weight excluding hydrogens is 344 g/mol. The number of carbonyl (C=O) groups is 1. The number of urea groups is 1. The van der Waals surface area contributed by atoms with E-state index in [1.807, 2.05) is 17.9 Å². The number of carbonyl (C=O) groups excluding carboxylic acids is 1. The summed E-state index contributed by atoms with van der Waals surface area (Å²) in [4.78, 5) is 19.2. The van der Waals surface area contributed by atoms with Crippen LogP contribution in [0.3, 0.4) is 0 Å². The molecule has 0 saturated carbocycles. The monoisotopic (exact) mass is 374 g/mol. The summed E-state index contributed by atoms with van der Waals surface area (Å²) in [7, 11) is 0. The van der Waals surface area contributed by atoms with Crippen LogP contribution in [0.5, 0.6) is 11.5 Å². The summed E-state index contributed by atoms with van der Waals surface area (Å²) in [5.74, 6) is 1.70. The van der Waals surface area contributed by atoms with Crippen LogP contribution in [0.4, 0.5) is 4.79 Å². The number of piperidine rings is 1. The van der Waals surface area contributed by atoms with E-state index in [-0.39, 0.29) is 6.03 Å². The lowest BCUT2D eigenvalue weighted by atomic mass is 10.0. The number of fused-ring (bicyclic) bond motifs is 1. The maximum Gasteiger partial charge on any atom is 0.317 e. The first-order valence-corrected chi connectivity index (χ1v) is 10.1. The molecule has 1 unspecified atom stereocenters. The minimum Gasteiger partial charge on any atom is -0.454 e. The molecule has 0 aliphatic carbocycles. The molecule has 1 N–H and O–H groups in total. The second kappa shape index (κ2) is 8.35. The van der Waals surface area contributed by atoms with Gasteiger partial charge in [-0.3, -0.25) is 9.80 Å². The summed E-state index contributed by atoms with van der Waals surface area (Å²) < 4.78 is 10.9. The lowest BCUT2D eigenvalue weighted by Crippen LogP contribution is -2.56. The van der Waals surface area contributed by atoms with E-state index in [4.69, 9.17) is 9.47 Å². The van der Waals surface area contributed by atoms with Crippen LogP contribution in [0, 0.1) is 0 Å². The first-order valence-electron chi connectivity index (χ1n) is 10.1. The van der Waals surface area contributed by atoms with Crippen LogP contribution < -0.4 is 14.8 Å². The number of nitrogens with zero attached hydrogens (tertiary/aromatic N) is 3. The highest BCUT2D eigenvalue weighted by Gasteiger charge is 2.29. The standard InChI is InChI=1S/C20H30N4O3/c1-2-21-20(25)24-7-3-4-17(14-24)23-10-8-22(9-11-23)13-16-5-6-18-19(12-16)27-15-26-18/h5-6,12,17H,2-4,7-11,13-15H2,1H3,(H,21,25). The van der Waals surface area contributed by atoms with Crippen molar-refractivity contribution in [2.45, 2.75) is 32.4 Å². The van der Waals surface area contributed by atoms with Crippen LogP contribution in [0.2, 0.25) is 0 Å². The van der Waals surface area contributed by atoms with Crippen LogP contribution in [0.25, 0.3) is 0 Å². The molecule has 27 heavy (non-hydrogen) atoms. The van der Waals surface area contributed by atoms with E-state index in [9.17, 15) is 4.79 Å². The summed E-state index contributed by atoms with van der Waals surface area (Å²) in [6.07, 6.45) is 2.29. The number of ether oxygens (including phenoxy) is 2. The average molecular weight is 374 g/mol. The lowest BCUT2D eigenvalue weighted by Gasteiger charge is -2.43. The predicted octanol–water partition coefficient (Wildman–Crippen LogP) is 1.73. The predicted molar refractivity (Wildman–Crippen MR) is 103 cm³/mol. The lowest BCUT2D eigenvalue weighted by molar-refractivity contribution is 0.0582. The summed E-state index contributed by atoms with van der Waals surface area (Å²) in [6, 6.07) is 6.81. The largest absolute Gasteiger partial charge is 0.454 e. The molecule has 7 nitrogen and oxygen atoms in total. The Morgan fingerprint density at radius 1 is 1.15 bits per heavy atom. The average Bonchev–Trinajstić information content (AvgIpc) is 3.17. The molecule has 148 valence electrons. The van der Waals surface area contributed by atoms with Crippen LogP contribution in [0.15, 0.2) is 18.2 Å².